The molecular formula is C20H21F2N5OS. The van der Waals surface area contributed by atoms with E-state index in [-0.39, 0.29) is 18.7 Å². The third-order valence-electron chi connectivity index (χ3n) is 4.52. The first-order valence-electron chi connectivity index (χ1n) is 9.19. The zero-order valence-corrected chi connectivity index (χ0v) is 16.7. The summed E-state index contributed by atoms with van der Waals surface area (Å²) in [5.74, 6) is -1.58. The number of rotatable bonds is 9. The van der Waals surface area contributed by atoms with Crippen LogP contribution in [0.25, 0.3) is 4.85 Å². The van der Waals surface area contributed by atoms with Crippen LogP contribution < -0.4 is 5.32 Å². The molecule has 3 rings (SSSR count). The van der Waals surface area contributed by atoms with Crippen molar-refractivity contribution in [2.75, 3.05) is 11.9 Å². The molecule has 0 bridgehead atoms. The van der Waals surface area contributed by atoms with Crippen molar-refractivity contribution in [2.45, 2.75) is 38.3 Å². The van der Waals surface area contributed by atoms with E-state index in [1.165, 1.54) is 34.7 Å². The number of benzene rings is 1. The number of thiophene rings is 1. The van der Waals surface area contributed by atoms with Gasteiger partial charge in [-0.3, -0.25) is 0 Å². The summed E-state index contributed by atoms with van der Waals surface area (Å²) >= 11 is 1.45. The van der Waals surface area contributed by atoms with Crippen LogP contribution in [0, 0.1) is 18.2 Å². The van der Waals surface area contributed by atoms with Crippen LogP contribution in [0.2, 0.25) is 0 Å². The number of halogens is 2. The molecule has 9 heteroatoms. The highest BCUT2D eigenvalue weighted by molar-refractivity contribution is 7.16. The molecule has 0 spiro atoms. The SMILES string of the molecule is [C-]#[N+]c1cc(CCCC)sc1NCC(O)(Cn1cncn1)c1ccc(F)cc1F. The highest BCUT2D eigenvalue weighted by Crippen LogP contribution is 2.37. The number of hydrogen-bond donors (Lipinski definition) is 2. The van der Waals surface area contributed by atoms with E-state index in [1.807, 2.05) is 6.07 Å². The Hall–Kier alpha value is -2.83. The average molecular weight is 417 g/mol. The Bertz CT molecular complexity index is 999. The van der Waals surface area contributed by atoms with Crippen molar-refractivity contribution >= 4 is 22.0 Å². The molecule has 29 heavy (non-hydrogen) atoms. The molecule has 0 aliphatic carbocycles. The van der Waals surface area contributed by atoms with Gasteiger partial charge in [-0.1, -0.05) is 19.4 Å². The van der Waals surface area contributed by atoms with Gasteiger partial charge >= 0.3 is 0 Å². The van der Waals surface area contributed by atoms with Crippen molar-refractivity contribution in [3.05, 3.63) is 70.4 Å². The summed E-state index contributed by atoms with van der Waals surface area (Å²) in [4.78, 5) is 8.46. The second kappa shape index (κ2) is 9.11. The van der Waals surface area contributed by atoms with E-state index in [0.29, 0.717) is 10.7 Å². The highest BCUT2D eigenvalue weighted by Gasteiger charge is 2.34. The molecule has 152 valence electrons. The Morgan fingerprint density at radius 2 is 2.17 bits per heavy atom. The van der Waals surface area contributed by atoms with Crippen LogP contribution in [0.5, 0.6) is 0 Å². The van der Waals surface area contributed by atoms with E-state index in [1.54, 1.807) is 0 Å². The van der Waals surface area contributed by atoms with Gasteiger partial charge in [-0.15, -0.1) is 11.3 Å². The maximum atomic E-state index is 14.5. The maximum Gasteiger partial charge on any atom is 0.220 e. The van der Waals surface area contributed by atoms with E-state index in [9.17, 15) is 13.9 Å². The number of hydrogen-bond acceptors (Lipinski definition) is 5. The predicted octanol–water partition coefficient (Wildman–Crippen LogP) is 4.51. The van der Waals surface area contributed by atoms with Crippen molar-refractivity contribution in [3.8, 4) is 0 Å². The fourth-order valence-corrected chi connectivity index (χ4v) is 4.06. The van der Waals surface area contributed by atoms with Crippen LogP contribution in [0.15, 0.2) is 36.9 Å². The van der Waals surface area contributed by atoms with Gasteiger partial charge in [0.25, 0.3) is 0 Å². The normalized spacial score (nSPS) is 13.1. The van der Waals surface area contributed by atoms with E-state index in [4.69, 9.17) is 6.57 Å². The van der Waals surface area contributed by atoms with Crippen LogP contribution in [-0.2, 0) is 18.6 Å². The Morgan fingerprint density at radius 1 is 1.34 bits per heavy atom. The molecule has 1 aromatic carbocycles. The van der Waals surface area contributed by atoms with Gasteiger partial charge in [0.2, 0.25) is 5.69 Å². The Morgan fingerprint density at radius 3 is 2.83 bits per heavy atom. The summed E-state index contributed by atoms with van der Waals surface area (Å²) in [6, 6.07) is 4.90. The minimum absolute atomic E-state index is 0.0611. The van der Waals surface area contributed by atoms with Crippen molar-refractivity contribution in [2.24, 2.45) is 0 Å². The molecule has 0 aliphatic heterocycles. The molecule has 0 amide bonds. The van der Waals surface area contributed by atoms with Crippen LogP contribution in [0.3, 0.4) is 0 Å². The summed E-state index contributed by atoms with van der Waals surface area (Å²) in [6.07, 6.45) is 5.67. The molecule has 0 saturated carbocycles. The van der Waals surface area contributed by atoms with Gasteiger partial charge in [0.05, 0.1) is 18.1 Å². The lowest BCUT2D eigenvalue weighted by Crippen LogP contribution is -2.39. The number of anilines is 1. The summed E-state index contributed by atoms with van der Waals surface area (Å²) in [5.41, 5.74) is -1.34. The summed E-state index contributed by atoms with van der Waals surface area (Å²) < 4.78 is 29.2. The Kier molecular flexibility index (Phi) is 6.56. The van der Waals surface area contributed by atoms with E-state index < -0.39 is 17.2 Å². The number of unbranched alkanes of at least 4 members (excludes halogenated alkanes) is 1. The Balaban J connectivity index is 1.88. The minimum Gasteiger partial charge on any atom is -0.382 e. The van der Waals surface area contributed by atoms with Crippen molar-refractivity contribution in [3.63, 3.8) is 0 Å². The largest absolute Gasteiger partial charge is 0.382 e. The Labute approximate surface area is 171 Å². The van der Waals surface area contributed by atoms with Crippen molar-refractivity contribution in [1.29, 1.82) is 0 Å². The molecule has 0 radical (unpaired) electrons. The first-order chi connectivity index (χ1) is 13.9. The lowest BCUT2D eigenvalue weighted by Gasteiger charge is -2.29. The highest BCUT2D eigenvalue weighted by atomic mass is 32.1. The fourth-order valence-electron chi connectivity index (χ4n) is 3.03. The van der Waals surface area contributed by atoms with Crippen LogP contribution >= 0.6 is 11.3 Å². The number of aryl methyl sites for hydroxylation is 1. The molecular weight excluding hydrogens is 396 g/mol. The topological polar surface area (TPSA) is 67.3 Å². The molecule has 6 nitrogen and oxygen atoms in total. The minimum atomic E-state index is -1.74. The van der Waals surface area contributed by atoms with Gasteiger partial charge < -0.3 is 10.4 Å². The van der Waals surface area contributed by atoms with E-state index in [2.05, 4.69) is 27.2 Å². The quantitative estimate of drug-likeness (QED) is 0.503. The first-order valence-corrected chi connectivity index (χ1v) is 10.0. The van der Waals surface area contributed by atoms with E-state index >= 15 is 0 Å². The number of aliphatic hydroxyl groups is 1. The molecule has 2 N–H and O–H groups in total. The summed E-state index contributed by atoms with van der Waals surface area (Å²) in [7, 11) is 0. The molecule has 0 saturated heterocycles. The number of aromatic nitrogens is 3. The van der Waals surface area contributed by atoms with Gasteiger partial charge in [0.15, 0.2) is 0 Å². The van der Waals surface area contributed by atoms with Crippen molar-refractivity contribution < 1.29 is 13.9 Å². The average Bonchev–Trinajstić information content (AvgIpc) is 3.33. The molecule has 0 fully saturated rings. The lowest BCUT2D eigenvalue weighted by molar-refractivity contribution is 0.0248. The third-order valence-corrected chi connectivity index (χ3v) is 5.67. The first kappa shape index (κ1) is 20.9. The second-order valence-electron chi connectivity index (χ2n) is 6.74. The predicted molar refractivity (Wildman–Crippen MR) is 108 cm³/mol. The smallest absolute Gasteiger partial charge is 0.220 e. The monoisotopic (exact) mass is 417 g/mol. The van der Waals surface area contributed by atoms with Gasteiger partial charge in [-0.25, -0.2) is 23.3 Å². The molecule has 3 aromatic rings. The molecule has 2 heterocycles. The number of nitrogens with one attached hydrogen (secondary N) is 1. The zero-order valence-electron chi connectivity index (χ0n) is 15.9. The molecule has 0 aliphatic rings. The van der Waals surface area contributed by atoms with Crippen LogP contribution in [-0.4, -0.2) is 26.4 Å². The third kappa shape index (κ3) is 4.96. The number of nitrogens with zero attached hydrogens (tertiary/aromatic N) is 4. The van der Waals surface area contributed by atoms with Crippen LogP contribution in [0.1, 0.15) is 30.2 Å². The van der Waals surface area contributed by atoms with Crippen LogP contribution in [0.4, 0.5) is 19.5 Å². The lowest BCUT2D eigenvalue weighted by atomic mass is 9.93. The standard InChI is InChI=1S/C20H21F2N5OS/c1-3-4-5-15-9-18(23-2)19(29-15)25-10-20(28,11-27-13-24-12-26-27)16-7-6-14(21)8-17(16)22/h6-9,12-13,25,28H,3-5,10-11H2,1H3. The molecule has 1 unspecified atom stereocenters. The molecule has 2 aromatic heterocycles. The van der Waals surface area contributed by atoms with Crippen molar-refractivity contribution in [1.82, 2.24) is 14.8 Å². The summed E-state index contributed by atoms with van der Waals surface area (Å²) in [6.45, 7) is 9.31. The second-order valence-corrected chi connectivity index (χ2v) is 7.88. The summed E-state index contributed by atoms with van der Waals surface area (Å²) in [5, 5.41) is 19.0. The van der Waals surface area contributed by atoms with Gasteiger partial charge in [0.1, 0.15) is 29.9 Å². The molecule has 1 atom stereocenters. The zero-order chi connectivity index (χ0) is 20.9. The maximum absolute atomic E-state index is 14.5. The van der Waals surface area contributed by atoms with Gasteiger partial charge in [-0.2, -0.15) is 5.10 Å². The van der Waals surface area contributed by atoms with Gasteiger partial charge in [0, 0.05) is 18.2 Å². The van der Waals surface area contributed by atoms with Gasteiger partial charge in [-0.05, 0) is 29.9 Å². The van der Waals surface area contributed by atoms with E-state index in [0.717, 1.165) is 36.3 Å². The fraction of sp³-hybridized carbons (Fsp3) is 0.350.